The van der Waals surface area contributed by atoms with E-state index in [1.807, 2.05) is 18.2 Å². The van der Waals surface area contributed by atoms with Crippen LogP contribution in [-0.2, 0) is 11.3 Å². The van der Waals surface area contributed by atoms with Crippen molar-refractivity contribution in [1.29, 1.82) is 0 Å². The largest absolute Gasteiger partial charge is 0.379 e. The number of ether oxygens (including phenoxy) is 1. The standard InChI is InChI=1S/C16H27N5O.HI/c1-3-17-16(20-13-15-6-4-5-7-18-15)19-12-14(2)21-8-10-22-11-9-21;/h4-7,14H,3,8-13H2,1-2H3,(H2,17,19,20);1H. The number of pyridine rings is 1. The van der Waals surface area contributed by atoms with Crippen LogP contribution in [0.1, 0.15) is 19.5 Å². The third kappa shape index (κ3) is 7.45. The molecule has 2 N–H and O–H groups in total. The maximum Gasteiger partial charge on any atom is 0.191 e. The number of halogens is 1. The Kier molecular flexibility index (Phi) is 10.1. The van der Waals surface area contributed by atoms with Crippen LogP contribution in [0, 0.1) is 0 Å². The Morgan fingerprint density at radius 3 is 2.78 bits per heavy atom. The fourth-order valence-electron chi connectivity index (χ4n) is 2.39. The van der Waals surface area contributed by atoms with Crippen molar-refractivity contribution in [3.05, 3.63) is 30.1 Å². The zero-order chi connectivity index (χ0) is 15.6. The monoisotopic (exact) mass is 433 g/mol. The van der Waals surface area contributed by atoms with E-state index in [1.165, 1.54) is 0 Å². The van der Waals surface area contributed by atoms with Crippen LogP contribution in [0.25, 0.3) is 0 Å². The molecule has 6 nitrogen and oxygen atoms in total. The number of morpholine rings is 1. The molecule has 1 aromatic heterocycles. The number of nitrogens with one attached hydrogen (secondary N) is 2. The summed E-state index contributed by atoms with van der Waals surface area (Å²) in [7, 11) is 0. The minimum absolute atomic E-state index is 0. The molecule has 0 aromatic carbocycles. The van der Waals surface area contributed by atoms with Gasteiger partial charge < -0.3 is 15.4 Å². The van der Waals surface area contributed by atoms with Crippen LogP contribution in [-0.4, -0.2) is 61.3 Å². The number of nitrogens with zero attached hydrogens (tertiary/aromatic N) is 3. The Balaban J connectivity index is 0.00000264. The van der Waals surface area contributed by atoms with Gasteiger partial charge in [0.05, 0.1) is 25.5 Å². The third-order valence-corrected chi connectivity index (χ3v) is 3.70. The quantitative estimate of drug-likeness (QED) is 0.405. The van der Waals surface area contributed by atoms with Gasteiger partial charge >= 0.3 is 0 Å². The molecule has 1 saturated heterocycles. The Morgan fingerprint density at radius 2 is 2.13 bits per heavy atom. The smallest absolute Gasteiger partial charge is 0.191 e. The molecular formula is C16H28IN5O. The molecule has 7 heteroatoms. The highest BCUT2D eigenvalue weighted by atomic mass is 127. The van der Waals surface area contributed by atoms with Gasteiger partial charge in [0.1, 0.15) is 0 Å². The van der Waals surface area contributed by atoms with Gasteiger partial charge in [0.2, 0.25) is 0 Å². The number of hydrogen-bond donors (Lipinski definition) is 2. The number of rotatable bonds is 6. The van der Waals surface area contributed by atoms with Crippen molar-refractivity contribution in [2.75, 3.05) is 39.4 Å². The zero-order valence-electron chi connectivity index (χ0n) is 14.0. The van der Waals surface area contributed by atoms with Gasteiger partial charge in [-0.1, -0.05) is 6.07 Å². The van der Waals surface area contributed by atoms with Crippen molar-refractivity contribution in [3.63, 3.8) is 0 Å². The normalized spacial score (nSPS) is 17.2. The summed E-state index contributed by atoms with van der Waals surface area (Å²) in [5.41, 5.74) is 0.973. The van der Waals surface area contributed by atoms with Crippen LogP contribution in [0.3, 0.4) is 0 Å². The van der Waals surface area contributed by atoms with Crippen LogP contribution in [0.4, 0.5) is 0 Å². The van der Waals surface area contributed by atoms with Crippen LogP contribution in [0.5, 0.6) is 0 Å². The second-order valence-corrected chi connectivity index (χ2v) is 5.39. The molecule has 0 saturated carbocycles. The van der Waals surface area contributed by atoms with E-state index in [2.05, 4.69) is 39.4 Å². The molecule has 130 valence electrons. The highest BCUT2D eigenvalue weighted by Crippen LogP contribution is 2.02. The number of guanidine groups is 1. The fraction of sp³-hybridized carbons (Fsp3) is 0.625. The summed E-state index contributed by atoms with van der Waals surface area (Å²) < 4.78 is 5.40. The highest BCUT2D eigenvalue weighted by molar-refractivity contribution is 14.0. The molecule has 1 aromatic rings. The first-order valence-electron chi connectivity index (χ1n) is 8.03. The average Bonchev–Trinajstić information content (AvgIpc) is 2.59. The van der Waals surface area contributed by atoms with Crippen LogP contribution in [0.2, 0.25) is 0 Å². The van der Waals surface area contributed by atoms with E-state index in [0.717, 1.165) is 51.0 Å². The van der Waals surface area contributed by atoms with Crippen molar-refractivity contribution < 1.29 is 4.74 Å². The fourth-order valence-corrected chi connectivity index (χ4v) is 2.39. The lowest BCUT2D eigenvalue weighted by Gasteiger charge is -2.32. The Morgan fingerprint density at radius 1 is 1.35 bits per heavy atom. The molecule has 0 radical (unpaired) electrons. The van der Waals surface area contributed by atoms with E-state index in [0.29, 0.717) is 12.6 Å². The topological polar surface area (TPSA) is 61.8 Å². The van der Waals surface area contributed by atoms with Gasteiger partial charge in [0.15, 0.2) is 5.96 Å². The predicted octanol–water partition coefficient (Wildman–Crippen LogP) is 1.48. The number of aromatic nitrogens is 1. The molecule has 23 heavy (non-hydrogen) atoms. The summed E-state index contributed by atoms with van der Waals surface area (Å²) >= 11 is 0. The van der Waals surface area contributed by atoms with Crippen molar-refractivity contribution in [3.8, 4) is 0 Å². The molecule has 0 bridgehead atoms. The number of hydrogen-bond acceptors (Lipinski definition) is 4. The molecular weight excluding hydrogens is 405 g/mol. The summed E-state index contributed by atoms with van der Waals surface area (Å²) in [5, 5.41) is 6.70. The predicted molar refractivity (Wildman–Crippen MR) is 104 cm³/mol. The van der Waals surface area contributed by atoms with Crippen molar-refractivity contribution in [2.24, 2.45) is 4.99 Å². The first-order chi connectivity index (χ1) is 10.8. The molecule has 0 aliphatic carbocycles. The van der Waals surface area contributed by atoms with Crippen molar-refractivity contribution in [2.45, 2.75) is 26.4 Å². The molecule has 0 amide bonds. The molecule has 1 aliphatic heterocycles. The van der Waals surface area contributed by atoms with E-state index in [-0.39, 0.29) is 24.0 Å². The van der Waals surface area contributed by atoms with Gasteiger partial charge in [-0.3, -0.25) is 9.88 Å². The minimum Gasteiger partial charge on any atom is -0.379 e. The van der Waals surface area contributed by atoms with E-state index >= 15 is 0 Å². The molecule has 1 fully saturated rings. The number of aliphatic imine (C=N–C) groups is 1. The van der Waals surface area contributed by atoms with Crippen LogP contribution in [0.15, 0.2) is 29.4 Å². The first-order valence-corrected chi connectivity index (χ1v) is 8.03. The van der Waals surface area contributed by atoms with Gasteiger partial charge in [-0.25, -0.2) is 4.99 Å². The van der Waals surface area contributed by atoms with E-state index in [4.69, 9.17) is 4.74 Å². The van der Waals surface area contributed by atoms with E-state index in [1.54, 1.807) is 6.20 Å². The highest BCUT2D eigenvalue weighted by Gasteiger charge is 2.16. The lowest BCUT2D eigenvalue weighted by molar-refractivity contribution is 0.0211. The van der Waals surface area contributed by atoms with Gasteiger partial charge in [0, 0.05) is 38.4 Å². The molecule has 1 aliphatic rings. The third-order valence-electron chi connectivity index (χ3n) is 3.70. The maximum absolute atomic E-state index is 5.40. The lowest BCUT2D eigenvalue weighted by atomic mass is 10.2. The maximum atomic E-state index is 5.40. The summed E-state index contributed by atoms with van der Waals surface area (Å²) in [4.78, 5) is 11.3. The van der Waals surface area contributed by atoms with Gasteiger partial charge in [-0.2, -0.15) is 0 Å². The lowest BCUT2D eigenvalue weighted by Crippen LogP contribution is -2.49. The minimum atomic E-state index is 0. The molecule has 0 spiro atoms. The van der Waals surface area contributed by atoms with Gasteiger partial charge in [-0.15, -0.1) is 24.0 Å². The molecule has 2 rings (SSSR count). The zero-order valence-corrected chi connectivity index (χ0v) is 16.3. The second kappa shape index (κ2) is 11.6. The molecule has 1 unspecified atom stereocenters. The SMILES string of the molecule is CCNC(=NCc1ccccn1)NCC(C)N1CCOCC1.I. The van der Waals surface area contributed by atoms with E-state index < -0.39 is 0 Å². The summed E-state index contributed by atoms with van der Waals surface area (Å²) in [6.45, 7) is 10.3. The Labute approximate surface area is 156 Å². The molecule has 1 atom stereocenters. The van der Waals surface area contributed by atoms with Crippen molar-refractivity contribution >= 4 is 29.9 Å². The Bertz CT molecular complexity index is 451. The molecule has 2 heterocycles. The van der Waals surface area contributed by atoms with Crippen molar-refractivity contribution in [1.82, 2.24) is 20.5 Å². The van der Waals surface area contributed by atoms with Gasteiger partial charge in [-0.05, 0) is 26.0 Å². The summed E-state index contributed by atoms with van der Waals surface area (Å²) in [5.74, 6) is 0.841. The van der Waals surface area contributed by atoms with E-state index in [9.17, 15) is 0 Å². The first kappa shape index (κ1) is 20.1. The van der Waals surface area contributed by atoms with Crippen LogP contribution < -0.4 is 10.6 Å². The summed E-state index contributed by atoms with van der Waals surface area (Å²) in [6, 6.07) is 6.35. The average molecular weight is 433 g/mol. The second-order valence-electron chi connectivity index (χ2n) is 5.39. The Hall–Kier alpha value is -0.930. The van der Waals surface area contributed by atoms with Gasteiger partial charge in [0.25, 0.3) is 0 Å². The summed E-state index contributed by atoms with van der Waals surface area (Å²) in [6.07, 6.45) is 1.80. The van der Waals surface area contributed by atoms with Crippen LogP contribution >= 0.6 is 24.0 Å².